The van der Waals surface area contributed by atoms with Gasteiger partial charge in [-0.05, 0) is 17.7 Å². The van der Waals surface area contributed by atoms with Gasteiger partial charge in [-0.25, -0.2) is 0 Å². The molecule has 0 saturated heterocycles. The Bertz CT molecular complexity index is 819. The topological polar surface area (TPSA) is 92.3 Å². The molecule has 23 heavy (non-hydrogen) atoms. The molecule has 0 saturated carbocycles. The van der Waals surface area contributed by atoms with Crippen molar-refractivity contribution < 1.29 is 14.6 Å². The van der Waals surface area contributed by atoms with E-state index in [0.717, 1.165) is 11.3 Å². The number of benzene rings is 2. The van der Waals surface area contributed by atoms with Gasteiger partial charge in [0.2, 0.25) is 12.7 Å². The van der Waals surface area contributed by atoms with E-state index in [9.17, 15) is 5.11 Å². The van der Waals surface area contributed by atoms with Crippen molar-refractivity contribution in [1.29, 1.82) is 0 Å². The fourth-order valence-electron chi connectivity index (χ4n) is 2.35. The molecule has 0 amide bonds. The smallest absolute Gasteiger partial charge is 0.246 e. The molecular weight excluding hydrogens is 296 g/mol. The average molecular weight is 310 g/mol. The number of H-pyrrole nitrogens is 1. The normalized spacial score (nSPS) is 13.8. The number of ether oxygens (including phenoxy) is 2. The standard InChI is InChI=1S/C16H14N4O3/c21-14(10-4-2-1-3-5-10)15-18-16(20-19-15)17-11-6-7-12-13(8-11)23-9-22-12/h1-8,14,21H,9H2,(H2,17,18,19,20). The van der Waals surface area contributed by atoms with Crippen LogP contribution in [-0.4, -0.2) is 27.1 Å². The first-order valence-corrected chi connectivity index (χ1v) is 7.11. The number of hydrogen-bond donors (Lipinski definition) is 3. The van der Waals surface area contributed by atoms with Gasteiger partial charge in [-0.1, -0.05) is 30.3 Å². The van der Waals surface area contributed by atoms with Crippen LogP contribution in [-0.2, 0) is 0 Å². The van der Waals surface area contributed by atoms with E-state index < -0.39 is 6.10 Å². The number of aromatic amines is 1. The number of fused-ring (bicyclic) bond motifs is 1. The summed E-state index contributed by atoms with van der Waals surface area (Å²) in [6.07, 6.45) is -0.851. The second-order valence-electron chi connectivity index (χ2n) is 5.05. The number of aliphatic hydroxyl groups excluding tert-OH is 1. The highest BCUT2D eigenvalue weighted by molar-refractivity contribution is 5.60. The number of nitrogens with zero attached hydrogens (tertiary/aromatic N) is 2. The maximum atomic E-state index is 10.3. The van der Waals surface area contributed by atoms with E-state index in [-0.39, 0.29) is 6.79 Å². The summed E-state index contributed by atoms with van der Waals surface area (Å²) < 4.78 is 10.6. The fourth-order valence-corrected chi connectivity index (χ4v) is 2.35. The van der Waals surface area contributed by atoms with E-state index in [4.69, 9.17) is 9.47 Å². The Morgan fingerprint density at radius 2 is 1.91 bits per heavy atom. The predicted octanol–water partition coefficient (Wildman–Crippen LogP) is 2.36. The van der Waals surface area contributed by atoms with Crippen LogP contribution in [0.4, 0.5) is 11.6 Å². The second-order valence-corrected chi connectivity index (χ2v) is 5.05. The Morgan fingerprint density at radius 1 is 1.09 bits per heavy atom. The molecule has 1 unspecified atom stereocenters. The first kappa shape index (κ1) is 13.6. The molecule has 2 heterocycles. The maximum Gasteiger partial charge on any atom is 0.246 e. The summed E-state index contributed by atoms with van der Waals surface area (Å²) in [5, 5.41) is 20.2. The van der Waals surface area contributed by atoms with E-state index >= 15 is 0 Å². The summed E-state index contributed by atoms with van der Waals surface area (Å²) in [5.74, 6) is 2.13. The van der Waals surface area contributed by atoms with Gasteiger partial charge in [0, 0.05) is 11.8 Å². The molecule has 1 aromatic heterocycles. The first-order chi connectivity index (χ1) is 11.3. The van der Waals surface area contributed by atoms with E-state index in [0.29, 0.717) is 23.3 Å². The SMILES string of the molecule is OC(c1ccccc1)c1nc(Nc2ccc3c(c2)OCO3)n[nH]1. The number of aromatic nitrogens is 3. The van der Waals surface area contributed by atoms with Gasteiger partial charge < -0.3 is 19.9 Å². The van der Waals surface area contributed by atoms with E-state index in [1.165, 1.54) is 0 Å². The molecule has 4 rings (SSSR count). The van der Waals surface area contributed by atoms with Gasteiger partial charge in [0.1, 0.15) is 6.10 Å². The molecular formula is C16H14N4O3. The molecule has 0 fully saturated rings. The summed E-state index contributed by atoms with van der Waals surface area (Å²) in [7, 11) is 0. The second kappa shape index (κ2) is 5.62. The Balaban J connectivity index is 1.52. The van der Waals surface area contributed by atoms with Gasteiger partial charge in [-0.2, -0.15) is 4.98 Å². The number of hydrogen-bond acceptors (Lipinski definition) is 6. The van der Waals surface area contributed by atoms with Crippen LogP contribution in [0, 0.1) is 0 Å². The van der Waals surface area contributed by atoms with Crippen LogP contribution in [0.5, 0.6) is 11.5 Å². The molecule has 1 aliphatic heterocycles. The lowest BCUT2D eigenvalue weighted by Gasteiger charge is -2.06. The van der Waals surface area contributed by atoms with Crippen LogP contribution in [0.25, 0.3) is 0 Å². The van der Waals surface area contributed by atoms with E-state index in [1.807, 2.05) is 48.5 Å². The van der Waals surface area contributed by atoms with Gasteiger partial charge in [0.05, 0.1) is 0 Å². The molecule has 3 N–H and O–H groups in total. The molecule has 1 atom stereocenters. The summed E-state index contributed by atoms with van der Waals surface area (Å²) in [5.41, 5.74) is 1.52. The molecule has 116 valence electrons. The minimum atomic E-state index is -0.851. The summed E-state index contributed by atoms with van der Waals surface area (Å²) >= 11 is 0. The van der Waals surface area contributed by atoms with Crippen LogP contribution >= 0.6 is 0 Å². The van der Waals surface area contributed by atoms with Crippen molar-refractivity contribution in [2.24, 2.45) is 0 Å². The Kier molecular flexibility index (Phi) is 3.32. The van der Waals surface area contributed by atoms with Gasteiger partial charge in [0.15, 0.2) is 17.3 Å². The lowest BCUT2D eigenvalue weighted by molar-refractivity contribution is 0.174. The van der Waals surface area contributed by atoms with Crippen molar-refractivity contribution in [1.82, 2.24) is 15.2 Å². The number of rotatable bonds is 4. The Labute approximate surface area is 131 Å². The monoisotopic (exact) mass is 310 g/mol. The Hall–Kier alpha value is -3.06. The average Bonchev–Trinajstić information content (AvgIpc) is 3.24. The number of anilines is 2. The molecule has 0 bridgehead atoms. The minimum Gasteiger partial charge on any atom is -0.454 e. The maximum absolute atomic E-state index is 10.3. The van der Waals surface area contributed by atoms with Crippen molar-refractivity contribution >= 4 is 11.6 Å². The Morgan fingerprint density at radius 3 is 2.78 bits per heavy atom. The van der Waals surface area contributed by atoms with Gasteiger partial charge in [-0.15, -0.1) is 5.10 Å². The van der Waals surface area contributed by atoms with Gasteiger partial charge in [0.25, 0.3) is 0 Å². The summed E-state index contributed by atoms with van der Waals surface area (Å²) in [6, 6.07) is 14.8. The summed E-state index contributed by atoms with van der Waals surface area (Å²) in [6.45, 7) is 0.229. The molecule has 7 heteroatoms. The fraction of sp³-hybridized carbons (Fsp3) is 0.125. The third kappa shape index (κ3) is 2.69. The third-order valence-electron chi connectivity index (χ3n) is 3.51. The van der Waals surface area contributed by atoms with Crippen LogP contribution < -0.4 is 14.8 Å². The van der Waals surface area contributed by atoms with Crippen LogP contribution in [0.1, 0.15) is 17.5 Å². The molecule has 0 spiro atoms. The van der Waals surface area contributed by atoms with Crippen molar-refractivity contribution in [3.05, 3.63) is 59.9 Å². The van der Waals surface area contributed by atoms with Gasteiger partial charge >= 0.3 is 0 Å². The molecule has 3 aromatic rings. The predicted molar refractivity (Wildman–Crippen MR) is 82.7 cm³/mol. The highest BCUT2D eigenvalue weighted by Crippen LogP contribution is 2.34. The number of aliphatic hydroxyl groups is 1. The number of nitrogens with one attached hydrogen (secondary N) is 2. The van der Waals surface area contributed by atoms with Crippen molar-refractivity contribution in [3.63, 3.8) is 0 Å². The van der Waals surface area contributed by atoms with Gasteiger partial charge in [-0.3, -0.25) is 5.10 Å². The highest BCUT2D eigenvalue weighted by Gasteiger charge is 2.16. The van der Waals surface area contributed by atoms with Crippen molar-refractivity contribution in [3.8, 4) is 11.5 Å². The molecule has 0 radical (unpaired) electrons. The van der Waals surface area contributed by atoms with Crippen LogP contribution in [0.3, 0.4) is 0 Å². The zero-order valence-electron chi connectivity index (χ0n) is 12.1. The third-order valence-corrected chi connectivity index (χ3v) is 3.51. The molecule has 2 aromatic carbocycles. The van der Waals surface area contributed by atoms with Crippen LogP contribution in [0.15, 0.2) is 48.5 Å². The quantitative estimate of drug-likeness (QED) is 0.685. The summed E-state index contributed by atoms with van der Waals surface area (Å²) in [4.78, 5) is 4.28. The largest absolute Gasteiger partial charge is 0.454 e. The lowest BCUT2D eigenvalue weighted by atomic mass is 10.1. The molecule has 7 nitrogen and oxygen atoms in total. The first-order valence-electron chi connectivity index (χ1n) is 7.11. The zero-order chi connectivity index (χ0) is 15.6. The van der Waals surface area contributed by atoms with Crippen LogP contribution in [0.2, 0.25) is 0 Å². The lowest BCUT2D eigenvalue weighted by Crippen LogP contribution is -2.01. The zero-order valence-corrected chi connectivity index (χ0v) is 12.1. The molecule has 0 aliphatic carbocycles. The van der Waals surface area contributed by atoms with Crippen molar-refractivity contribution in [2.75, 3.05) is 12.1 Å². The molecule has 1 aliphatic rings. The van der Waals surface area contributed by atoms with E-state index in [1.54, 1.807) is 0 Å². The highest BCUT2D eigenvalue weighted by atomic mass is 16.7. The van der Waals surface area contributed by atoms with Crippen molar-refractivity contribution in [2.45, 2.75) is 6.10 Å². The minimum absolute atomic E-state index is 0.229. The van der Waals surface area contributed by atoms with E-state index in [2.05, 4.69) is 20.5 Å².